The largest absolute Gasteiger partial charge is 0.497 e. The Morgan fingerprint density at radius 2 is 1.57 bits per heavy atom. The number of nitriles is 2. The Labute approximate surface area is 139 Å². The first-order valence-corrected chi connectivity index (χ1v) is 8.01. The van der Waals surface area contributed by atoms with Crippen LogP contribution in [0.5, 0.6) is 5.75 Å². The zero-order valence-corrected chi connectivity index (χ0v) is 13.5. The van der Waals surface area contributed by atoms with E-state index in [-0.39, 0.29) is 12.8 Å². The Balaban J connectivity index is 2.34. The highest BCUT2D eigenvalue weighted by Crippen LogP contribution is 2.46. The van der Waals surface area contributed by atoms with Crippen LogP contribution in [-0.4, -0.2) is 7.11 Å². The highest BCUT2D eigenvalue weighted by Gasteiger charge is 2.22. The van der Waals surface area contributed by atoms with E-state index in [1.807, 2.05) is 36.4 Å². The average molecular weight is 318 g/mol. The minimum atomic E-state index is 0.270. The first-order valence-electron chi connectivity index (χ1n) is 7.20. The van der Waals surface area contributed by atoms with E-state index in [1.165, 1.54) is 0 Å². The molecule has 1 aliphatic rings. The van der Waals surface area contributed by atoms with Gasteiger partial charge in [-0.2, -0.15) is 10.5 Å². The number of fused-ring (bicyclic) bond motifs is 2. The molecule has 1 heterocycles. The predicted molar refractivity (Wildman–Crippen MR) is 90.8 cm³/mol. The van der Waals surface area contributed by atoms with E-state index in [0.717, 1.165) is 37.8 Å². The molecule has 3 nitrogen and oxygen atoms in total. The number of rotatable bonds is 3. The molecule has 0 saturated carbocycles. The quantitative estimate of drug-likeness (QED) is 0.808. The maximum absolute atomic E-state index is 9.29. The number of nitrogens with zero attached hydrogens (tertiary/aromatic N) is 2. The molecule has 112 valence electrons. The lowest BCUT2D eigenvalue weighted by molar-refractivity contribution is 0.414. The molecule has 1 aliphatic heterocycles. The van der Waals surface area contributed by atoms with Crippen LogP contribution in [0.3, 0.4) is 0 Å². The summed E-state index contributed by atoms with van der Waals surface area (Å²) in [5, 5.41) is 18.6. The van der Waals surface area contributed by atoms with Gasteiger partial charge in [0.15, 0.2) is 0 Å². The minimum absolute atomic E-state index is 0.270. The fourth-order valence-electron chi connectivity index (χ4n) is 2.77. The zero-order chi connectivity index (χ0) is 16.2. The smallest absolute Gasteiger partial charge is 0.119 e. The monoisotopic (exact) mass is 318 g/mol. The standard InChI is InChI=1S/C19H14N2OS/c1-22-13-6-7-19-17(12-13)15(9-11-21)14(8-10-20)16-4-2-3-5-18(16)23-19/h2-7,12H,8-9H2,1H3. The molecule has 0 spiro atoms. The van der Waals surface area contributed by atoms with Crippen LogP contribution in [0.4, 0.5) is 0 Å². The van der Waals surface area contributed by atoms with Crippen molar-refractivity contribution in [1.29, 1.82) is 10.5 Å². The van der Waals surface area contributed by atoms with Crippen molar-refractivity contribution in [3.63, 3.8) is 0 Å². The van der Waals surface area contributed by atoms with Gasteiger partial charge in [-0.05, 0) is 46.5 Å². The molecule has 0 saturated heterocycles. The molecule has 23 heavy (non-hydrogen) atoms. The Morgan fingerprint density at radius 1 is 0.913 bits per heavy atom. The van der Waals surface area contributed by atoms with Crippen LogP contribution < -0.4 is 4.74 Å². The second-order valence-electron chi connectivity index (χ2n) is 5.09. The van der Waals surface area contributed by atoms with Gasteiger partial charge < -0.3 is 4.74 Å². The van der Waals surface area contributed by atoms with E-state index < -0.39 is 0 Å². The lowest BCUT2D eigenvalue weighted by Crippen LogP contribution is -1.93. The third kappa shape index (κ3) is 2.82. The molecule has 0 bridgehead atoms. The number of hydrogen-bond acceptors (Lipinski definition) is 4. The minimum Gasteiger partial charge on any atom is -0.497 e. The van der Waals surface area contributed by atoms with Gasteiger partial charge >= 0.3 is 0 Å². The van der Waals surface area contributed by atoms with Gasteiger partial charge in [-0.3, -0.25) is 0 Å². The second-order valence-corrected chi connectivity index (χ2v) is 6.17. The maximum Gasteiger partial charge on any atom is 0.119 e. The van der Waals surface area contributed by atoms with Crippen molar-refractivity contribution in [2.45, 2.75) is 22.6 Å². The second kappa shape index (κ2) is 6.60. The number of methoxy groups -OCH3 is 1. The summed E-state index contributed by atoms with van der Waals surface area (Å²) >= 11 is 1.67. The van der Waals surface area contributed by atoms with E-state index in [9.17, 15) is 10.5 Å². The van der Waals surface area contributed by atoms with E-state index in [0.29, 0.717) is 0 Å². The van der Waals surface area contributed by atoms with Crippen LogP contribution in [0.15, 0.2) is 52.3 Å². The summed E-state index contributed by atoms with van der Waals surface area (Å²) in [4.78, 5) is 2.19. The van der Waals surface area contributed by atoms with Gasteiger partial charge in [-0.1, -0.05) is 30.0 Å². The van der Waals surface area contributed by atoms with Crippen molar-refractivity contribution >= 4 is 22.9 Å². The van der Waals surface area contributed by atoms with Gasteiger partial charge in [-0.25, -0.2) is 0 Å². The normalized spacial score (nSPS) is 12.5. The summed E-state index contributed by atoms with van der Waals surface area (Å²) < 4.78 is 5.34. The predicted octanol–water partition coefficient (Wildman–Crippen LogP) is 4.90. The molecule has 3 rings (SSSR count). The van der Waals surface area contributed by atoms with Gasteiger partial charge in [0, 0.05) is 9.79 Å². The Bertz CT molecular complexity index is 872. The molecule has 0 radical (unpaired) electrons. The zero-order valence-electron chi connectivity index (χ0n) is 12.7. The van der Waals surface area contributed by atoms with Gasteiger partial charge in [0.2, 0.25) is 0 Å². The number of benzene rings is 2. The lowest BCUT2D eigenvalue weighted by Gasteiger charge is -2.12. The van der Waals surface area contributed by atoms with Crippen LogP contribution in [0.25, 0.3) is 11.1 Å². The highest BCUT2D eigenvalue weighted by molar-refractivity contribution is 7.99. The number of hydrogen-bond donors (Lipinski definition) is 0. The van der Waals surface area contributed by atoms with Crippen molar-refractivity contribution in [3.05, 3.63) is 53.6 Å². The van der Waals surface area contributed by atoms with Crippen molar-refractivity contribution in [3.8, 4) is 17.9 Å². The van der Waals surface area contributed by atoms with Crippen molar-refractivity contribution < 1.29 is 4.74 Å². The summed E-state index contributed by atoms with van der Waals surface area (Å²) in [6.07, 6.45) is 0.553. The molecule has 2 aromatic carbocycles. The van der Waals surface area contributed by atoms with Crippen LogP contribution in [0, 0.1) is 22.7 Å². The third-order valence-electron chi connectivity index (χ3n) is 3.82. The molecule has 0 fully saturated rings. The topological polar surface area (TPSA) is 56.8 Å². The summed E-state index contributed by atoms with van der Waals surface area (Å²) in [5.74, 6) is 0.752. The fourth-order valence-corrected chi connectivity index (χ4v) is 3.88. The summed E-state index contributed by atoms with van der Waals surface area (Å²) in [6, 6.07) is 18.4. The van der Waals surface area contributed by atoms with Gasteiger partial charge in [0.05, 0.1) is 32.1 Å². The van der Waals surface area contributed by atoms with E-state index in [1.54, 1.807) is 18.9 Å². The summed E-state index contributed by atoms with van der Waals surface area (Å²) in [7, 11) is 1.63. The molecule has 0 atom stereocenters. The molecule has 4 heteroatoms. The Kier molecular flexibility index (Phi) is 4.37. The highest BCUT2D eigenvalue weighted by atomic mass is 32.2. The van der Waals surface area contributed by atoms with Crippen LogP contribution in [0.1, 0.15) is 24.0 Å². The number of allylic oxidation sites excluding steroid dienone is 2. The van der Waals surface area contributed by atoms with Crippen molar-refractivity contribution in [2.75, 3.05) is 7.11 Å². The summed E-state index contributed by atoms with van der Waals surface area (Å²) in [6.45, 7) is 0. The molecular weight excluding hydrogens is 304 g/mol. The van der Waals surface area contributed by atoms with E-state index in [4.69, 9.17) is 4.74 Å². The molecule has 0 aromatic heterocycles. The third-order valence-corrected chi connectivity index (χ3v) is 4.97. The van der Waals surface area contributed by atoms with E-state index in [2.05, 4.69) is 18.2 Å². The maximum atomic E-state index is 9.29. The molecular formula is C19H14N2OS. The summed E-state index contributed by atoms with van der Waals surface area (Å²) in [5.41, 5.74) is 3.88. The van der Waals surface area contributed by atoms with Gasteiger partial charge in [-0.15, -0.1) is 0 Å². The Morgan fingerprint density at radius 3 is 2.26 bits per heavy atom. The van der Waals surface area contributed by atoms with Crippen LogP contribution >= 0.6 is 11.8 Å². The van der Waals surface area contributed by atoms with Crippen LogP contribution in [-0.2, 0) is 0 Å². The van der Waals surface area contributed by atoms with Crippen molar-refractivity contribution in [1.82, 2.24) is 0 Å². The SMILES string of the molecule is COc1ccc2c(c1)C(CC#N)=C(CC#N)c1ccccc1S2. The Hall–Kier alpha value is -2.69. The first kappa shape index (κ1) is 15.2. The molecule has 0 N–H and O–H groups in total. The average Bonchev–Trinajstić information content (AvgIpc) is 2.71. The molecule has 0 amide bonds. The van der Waals surface area contributed by atoms with Crippen LogP contribution in [0.2, 0.25) is 0 Å². The molecule has 0 unspecified atom stereocenters. The number of ether oxygens (including phenoxy) is 1. The fraction of sp³-hybridized carbons (Fsp3) is 0.158. The van der Waals surface area contributed by atoms with Gasteiger partial charge in [0.1, 0.15) is 5.75 Å². The lowest BCUT2D eigenvalue weighted by atomic mass is 9.91. The molecule has 2 aromatic rings. The first-order chi connectivity index (χ1) is 11.3. The van der Waals surface area contributed by atoms with E-state index >= 15 is 0 Å². The van der Waals surface area contributed by atoms with Crippen molar-refractivity contribution in [2.24, 2.45) is 0 Å². The molecule has 0 aliphatic carbocycles. The van der Waals surface area contributed by atoms with Gasteiger partial charge in [0.25, 0.3) is 0 Å².